The number of carbonyl (C=O) groups is 1. The fraction of sp³-hybridized carbons (Fsp3) is 0.636. The summed E-state index contributed by atoms with van der Waals surface area (Å²) < 4.78 is 19.9. The van der Waals surface area contributed by atoms with Gasteiger partial charge in [0.05, 0.1) is 29.8 Å². The Labute approximate surface area is 172 Å². The van der Waals surface area contributed by atoms with Crippen molar-refractivity contribution in [2.24, 2.45) is 7.05 Å². The van der Waals surface area contributed by atoms with Crippen LogP contribution in [0.25, 0.3) is 11.0 Å². The smallest absolute Gasteiger partial charge is 0.297 e. The monoisotopic (exact) mass is 403 g/mol. The van der Waals surface area contributed by atoms with E-state index in [4.69, 9.17) is 14.2 Å². The fourth-order valence-electron chi connectivity index (χ4n) is 3.74. The minimum absolute atomic E-state index is 0.0245. The van der Waals surface area contributed by atoms with E-state index >= 15 is 0 Å². The normalized spacial score (nSPS) is 20.6. The highest BCUT2D eigenvalue weighted by Crippen LogP contribution is 2.29. The highest BCUT2D eigenvalue weighted by atomic mass is 16.5. The van der Waals surface area contributed by atoms with Crippen molar-refractivity contribution in [2.45, 2.75) is 77.7 Å². The summed E-state index contributed by atoms with van der Waals surface area (Å²) in [6.07, 6.45) is 4.27. The van der Waals surface area contributed by atoms with Gasteiger partial charge in [-0.25, -0.2) is 0 Å². The summed E-state index contributed by atoms with van der Waals surface area (Å²) in [4.78, 5) is 15.8. The van der Waals surface area contributed by atoms with Crippen LogP contribution in [0.15, 0.2) is 18.2 Å². The largest absolute Gasteiger partial charge is 0.491 e. The molecule has 1 heterocycles. The molecular weight excluding hydrogens is 370 g/mol. The Bertz CT molecular complexity index is 825. The molecular formula is C22H33N3O4. The van der Waals surface area contributed by atoms with Gasteiger partial charge in [0.25, 0.3) is 6.01 Å². The number of carbonyl (C=O) groups excluding carboxylic acids is 1. The lowest BCUT2D eigenvalue weighted by atomic mass is 9.95. The molecule has 3 rings (SSSR count). The number of fused-ring (bicyclic) bond motifs is 1. The van der Waals surface area contributed by atoms with E-state index in [1.54, 1.807) is 0 Å². The number of aromatic nitrogens is 2. The lowest BCUT2D eigenvalue weighted by Gasteiger charge is -2.29. The maximum Gasteiger partial charge on any atom is 0.297 e. The van der Waals surface area contributed by atoms with Crippen LogP contribution in [0.3, 0.4) is 0 Å². The van der Waals surface area contributed by atoms with Crippen LogP contribution >= 0.6 is 0 Å². The third kappa shape index (κ3) is 5.85. The van der Waals surface area contributed by atoms with E-state index in [9.17, 15) is 4.79 Å². The predicted molar refractivity (Wildman–Crippen MR) is 112 cm³/mol. The van der Waals surface area contributed by atoms with Crippen LogP contribution < -0.4 is 14.8 Å². The van der Waals surface area contributed by atoms with Crippen LogP contribution in [0.4, 0.5) is 0 Å². The topological polar surface area (TPSA) is 74.6 Å². The number of ether oxygens (including phenoxy) is 3. The van der Waals surface area contributed by atoms with E-state index < -0.39 is 0 Å². The summed E-state index contributed by atoms with van der Waals surface area (Å²) in [5, 5.41) is 2.85. The molecule has 1 N–H and O–H groups in total. The van der Waals surface area contributed by atoms with Gasteiger partial charge in [-0.1, -0.05) is 0 Å². The van der Waals surface area contributed by atoms with E-state index in [0.29, 0.717) is 12.6 Å². The average molecular weight is 404 g/mol. The molecule has 1 aliphatic rings. The number of rotatable bonds is 8. The van der Waals surface area contributed by atoms with Gasteiger partial charge >= 0.3 is 0 Å². The minimum atomic E-state index is -0.0245. The zero-order chi connectivity index (χ0) is 21.0. The number of aryl methyl sites for hydroxylation is 1. The number of amides is 1. The first kappa shape index (κ1) is 21.4. The Balaban J connectivity index is 1.53. The Kier molecular flexibility index (Phi) is 7.00. The van der Waals surface area contributed by atoms with E-state index in [0.717, 1.165) is 42.5 Å². The molecule has 2 aromatic rings. The molecule has 1 aromatic carbocycles. The molecule has 29 heavy (non-hydrogen) atoms. The third-order valence-electron chi connectivity index (χ3n) is 5.11. The van der Waals surface area contributed by atoms with Crippen molar-refractivity contribution in [3.63, 3.8) is 0 Å². The van der Waals surface area contributed by atoms with Crippen molar-refractivity contribution in [3.8, 4) is 11.8 Å². The zero-order valence-corrected chi connectivity index (χ0v) is 18.1. The van der Waals surface area contributed by atoms with Gasteiger partial charge in [-0.3, -0.25) is 9.36 Å². The lowest BCUT2D eigenvalue weighted by molar-refractivity contribution is -0.120. The van der Waals surface area contributed by atoms with Crippen molar-refractivity contribution < 1.29 is 19.0 Å². The quantitative estimate of drug-likeness (QED) is 0.729. The molecule has 7 heteroatoms. The van der Waals surface area contributed by atoms with Gasteiger partial charge < -0.3 is 19.5 Å². The molecule has 160 valence electrons. The number of nitrogens with zero attached hydrogens (tertiary/aromatic N) is 2. The van der Waals surface area contributed by atoms with Gasteiger partial charge in [-0.2, -0.15) is 4.98 Å². The lowest BCUT2D eigenvalue weighted by Crippen LogP contribution is -2.37. The number of benzene rings is 1. The van der Waals surface area contributed by atoms with Gasteiger partial charge in [0.2, 0.25) is 5.91 Å². The van der Waals surface area contributed by atoms with Crippen molar-refractivity contribution in [1.82, 2.24) is 14.9 Å². The van der Waals surface area contributed by atoms with Crippen LogP contribution in [-0.4, -0.2) is 46.4 Å². The van der Waals surface area contributed by atoms with Gasteiger partial charge in [-0.15, -0.1) is 0 Å². The maximum absolute atomic E-state index is 11.1. The first-order chi connectivity index (χ1) is 13.8. The van der Waals surface area contributed by atoms with Crippen molar-refractivity contribution in [1.29, 1.82) is 0 Å². The SMILES string of the molecule is CC(=O)N[C@@H](C)COC1CCC(Oc2nc3cc(OC(C)C)ccc3n2C)CC1. The molecule has 0 radical (unpaired) electrons. The molecule has 1 amide bonds. The molecule has 7 nitrogen and oxygen atoms in total. The third-order valence-corrected chi connectivity index (χ3v) is 5.11. The Morgan fingerprint density at radius 3 is 2.55 bits per heavy atom. The molecule has 0 bridgehead atoms. The summed E-state index contributed by atoms with van der Waals surface area (Å²) >= 11 is 0. The highest BCUT2D eigenvalue weighted by Gasteiger charge is 2.25. The zero-order valence-electron chi connectivity index (χ0n) is 18.1. The number of hydrogen-bond acceptors (Lipinski definition) is 5. The Hall–Kier alpha value is -2.28. The van der Waals surface area contributed by atoms with Crippen molar-refractivity contribution >= 4 is 16.9 Å². The Morgan fingerprint density at radius 2 is 1.90 bits per heavy atom. The molecule has 1 aromatic heterocycles. The van der Waals surface area contributed by atoms with Crippen LogP contribution in [0, 0.1) is 0 Å². The summed E-state index contributed by atoms with van der Waals surface area (Å²) in [6.45, 7) is 8.05. The van der Waals surface area contributed by atoms with E-state index in [-0.39, 0.29) is 30.3 Å². The first-order valence-electron chi connectivity index (χ1n) is 10.5. The summed E-state index contributed by atoms with van der Waals surface area (Å²) in [5.41, 5.74) is 1.91. The molecule has 0 aliphatic heterocycles. The molecule has 0 saturated heterocycles. The van der Waals surface area contributed by atoms with Crippen molar-refractivity contribution in [3.05, 3.63) is 18.2 Å². The fourth-order valence-corrected chi connectivity index (χ4v) is 3.74. The van der Waals surface area contributed by atoms with Crippen LogP contribution in [0.2, 0.25) is 0 Å². The predicted octanol–water partition coefficient (Wildman–Crippen LogP) is 3.59. The van der Waals surface area contributed by atoms with E-state index in [1.807, 2.05) is 50.6 Å². The molecule has 0 spiro atoms. The summed E-state index contributed by atoms with van der Waals surface area (Å²) in [5.74, 6) is 0.798. The van der Waals surface area contributed by atoms with E-state index in [2.05, 4.69) is 10.3 Å². The summed E-state index contributed by atoms with van der Waals surface area (Å²) in [6, 6.07) is 6.63. The second-order valence-electron chi connectivity index (χ2n) is 8.22. The van der Waals surface area contributed by atoms with E-state index in [1.165, 1.54) is 6.92 Å². The van der Waals surface area contributed by atoms with Crippen molar-refractivity contribution in [2.75, 3.05) is 6.61 Å². The van der Waals surface area contributed by atoms with Crippen LogP contribution in [-0.2, 0) is 16.6 Å². The standard InChI is InChI=1S/C22H33N3O4/c1-14(2)28-19-10-11-21-20(12-19)24-22(25(21)5)29-18-8-6-17(7-9-18)27-13-15(3)23-16(4)26/h10-12,14-15,17-18H,6-9,13H2,1-5H3,(H,23,26)/t15-,17?,18?/m0/s1. The van der Waals surface area contributed by atoms with Gasteiger partial charge in [-0.05, 0) is 58.6 Å². The number of hydrogen-bond donors (Lipinski definition) is 1. The minimum Gasteiger partial charge on any atom is -0.491 e. The van der Waals surface area contributed by atoms with Gasteiger partial charge in [0.1, 0.15) is 11.9 Å². The van der Waals surface area contributed by atoms with Crippen LogP contribution in [0.5, 0.6) is 11.8 Å². The number of nitrogens with one attached hydrogen (secondary N) is 1. The number of imidazole rings is 1. The second kappa shape index (κ2) is 9.48. The second-order valence-corrected chi connectivity index (χ2v) is 8.22. The van der Waals surface area contributed by atoms with Gasteiger partial charge in [0.15, 0.2) is 0 Å². The Morgan fingerprint density at radius 1 is 1.21 bits per heavy atom. The van der Waals surface area contributed by atoms with Crippen LogP contribution in [0.1, 0.15) is 53.4 Å². The summed E-state index contributed by atoms with van der Waals surface area (Å²) in [7, 11) is 1.98. The molecule has 1 fully saturated rings. The molecule has 1 aliphatic carbocycles. The maximum atomic E-state index is 11.1. The molecule has 0 unspecified atom stereocenters. The molecule has 1 atom stereocenters. The molecule has 1 saturated carbocycles. The highest BCUT2D eigenvalue weighted by molar-refractivity contribution is 5.78. The first-order valence-corrected chi connectivity index (χ1v) is 10.5. The average Bonchev–Trinajstić information content (AvgIpc) is 2.95. The van der Waals surface area contributed by atoms with Gasteiger partial charge in [0, 0.05) is 26.1 Å².